The molecule has 1 aromatic carbocycles. The highest BCUT2D eigenvalue weighted by Crippen LogP contribution is 2.31. The highest BCUT2D eigenvalue weighted by atomic mass is 15.0. The van der Waals surface area contributed by atoms with Gasteiger partial charge in [-0.25, -0.2) is 4.99 Å². The zero-order valence-electron chi connectivity index (χ0n) is 8.11. The van der Waals surface area contributed by atoms with Crippen LogP contribution in [0.15, 0.2) is 29.3 Å². The third-order valence-electron chi connectivity index (χ3n) is 2.64. The van der Waals surface area contributed by atoms with Crippen molar-refractivity contribution in [3.05, 3.63) is 35.4 Å². The van der Waals surface area contributed by atoms with Crippen LogP contribution in [0, 0.1) is 0 Å². The SMILES string of the molecule is NC(N)=N[C@H]1CCCc2ccccc21. The van der Waals surface area contributed by atoms with Gasteiger partial charge in [0, 0.05) is 0 Å². The minimum Gasteiger partial charge on any atom is -0.370 e. The van der Waals surface area contributed by atoms with Gasteiger partial charge in [0.1, 0.15) is 0 Å². The largest absolute Gasteiger partial charge is 0.370 e. The van der Waals surface area contributed by atoms with Crippen LogP contribution in [0.5, 0.6) is 0 Å². The first-order valence-electron chi connectivity index (χ1n) is 4.94. The number of nitrogens with two attached hydrogens (primary N) is 2. The van der Waals surface area contributed by atoms with Crippen molar-refractivity contribution >= 4 is 5.96 Å². The number of fused-ring (bicyclic) bond motifs is 1. The molecule has 0 amide bonds. The second-order valence-electron chi connectivity index (χ2n) is 3.66. The second kappa shape index (κ2) is 3.70. The monoisotopic (exact) mass is 189 g/mol. The fraction of sp³-hybridized carbons (Fsp3) is 0.364. The fourth-order valence-electron chi connectivity index (χ4n) is 2.04. The summed E-state index contributed by atoms with van der Waals surface area (Å²) in [6, 6.07) is 8.55. The predicted molar refractivity (Wildman–Crippen MR) is 57.9 cm³/mol. The van der Waals surface area contributed by atoms with Gasteiger partial charge >= 0.3 is 0 Å². The lowest BCUT2D eigenvalue weighted by molar-refractivity contribution is 0.572. The van der Waals surface area contributed by atoms with Gasteiger partial charge in [-0.3, -0.25) is 0 Å². The van der Waals surface area contributed by atoms with E-state index >= 15 is 0 Å². The van der Waals surface area contributed by atoms with Crippen molar-refractivity contribution < 1.29 is 0 Å². The summed E-state index contributed by atoms with van der Waals surface area (Å²) in [6.45, 7) is 0. The van der Waals surface area contributed by atoms with Crippen LogP contribution >= 0.6 is 0 Å². The van der Waals surface area contributed by atoms with Gasteiger partial charge < -0.3 is 11.5 Å². The van der Waals surface area contributed by atoms with E-state index in [9.17, 15) is 0 Å². The molecule has 0 aliphatic heterocycles. The van der Waals surface area contributed by atoms with Crippen molar-refractivity contribution in [2.45, 2.75) is 25.3 Å². The normalized spacial score (nSPS) is 19.9. The molecular weight excluding hydrogens is 174 g/mol. The molecule has 1 atom stereocenters. The van der Waals surface area contributed by atoms with Gasteiger partial charge in [-0.1, -0.05) is 24.3 Å². The van der Waals surface area contributed by atoms with Gasteiger partial charge in [0.05, 0.1) is 6.04 Å². The van der Waals surface area contributed by atoms with E-state index in [1.165, 1.54) is 17.5 Å². The number of hydrogen-bond acceptors (Lipinski definition) is 1. The molecule has 0 unspecified atom stereocenters. The summed E-state index contributed by atoms with van der Waals surface area (Å²) >= 11 is 0. The number of rotatable bonds is 1. The van der Waals surface area contributed by atoms with Gasteiger partial charge in [0.2, 0.25) is 0 Å². The van der Waals surface area contributed by atoms with Gasteiger partial charge in [0.15, 0.2) is 5.96 Å². The summed E-state index contributed by atoms with van der Waals surface area (Å²) in [7, 11) is 0. The van der Waals surface area contributed by atoms with Crippen LogP contribution in [0.4, 0.5) is 0 Å². The third kappa shape index (κ3) is 1.71. The Kier molecular flexibility index (Phi) is 2.39. The van der Waals surface area contributed by atoms with Crippen LogP contribution in [0.2, 0.25) is 0 Å². The molecule has 0 heterocycles. The summed E-state index contributed by atoms with van der Waals surface area (Å²) in [5.41, 5.74) is 13.5. The lowest BCUT2D eigenvalue weighted by atomic mass is 9.88. The molecule has 0 saturated heterocycles. The molecule has 1 aliphatic rings. The molecule has 74 valence electrons. The zero-order valence-corrected chi connectivity index (χ0v) is 8.11. The van der Waals surface area contributed by atoms with E-state index in [1.807, 2.05) is 6.07 Å². The molecule has 0 aromatic heterocycles. The van der Waals surface area contributed by atoms with Crippen molar-refractivity contribution in [2.75, 3.05) is 0 Å². The quantitative estimate of drug-likeness (QED) is 0.517. The summed E-state index contributed by atoms with van der Waals surface area (Å²) in [4.78, 5) is 4.25. The zero-order chi connectivity index (χ0) is 9.97. The lowest BCUT2D eigenvalue weighted by Crippen LogP contribution is -2.24. The number of aryl methyl sites for hydroxylation is 1. The highest BCUT2D eigenvalue weighted by molar-refractivity contribution is 5.76. The van der Waals surface area contributed by atoms with Gasteiger partial charge in [-0.05, 0) is 30.4 Å². The summed E-state index contributed by atoms with van der Waals surface area (Å²) in [5.74, 6) is 0.187. The molecule has 0 fully saturated rings. The molecule has 1 aliphatic carbocycles. The average molecular weight is 189 g/mol. The van der Waals surface area contributed by atoms with Gasteiger partial charge in [-0.15, -0.1) is 0 Å². The Labute approximate surface area is 83.8 Å². The highest BCUT2D eigenvalue weighted by Gasteiger charge is 2.18. The fourth-order valence-corrected chi connectivity index (χ4v) is 2.04. The molecule has 14 heavy (non-hydrogen) atoms. The van der Waals surface area contributed by atoms with Crippen LogP contribution < -0.4 is 11.5 Å². The smallest absolute Gasteiger partial charge is 0.186 e. The van der Waals surface area contributed by atoms with Crippen LogP contribution in [0.1, 0.15) is 30.0 Å². The van der Waals surface area contributed by atoms with Crippen LogP contribution in [-0.4, -0.2) is 5.96 Å². The van der Waals surface area contributed by atoms with Crippen molar-refractivity contribution in [1.82, 2.24) is 0 Å². The van der Waals surface area contributed by atoms with E-state index in [0.717, 1.165) is 12.8 Å². The van der Waals surface area contributed by atoms with Crippen LogP contribution in [-0.2, 0) is 6.42 Å². The van der Waals surface area contributed by atoms with E-state index in [4.69, 9.17) is 11.5 Å². The van der Waals surface area contributed by atoms with Gasteiger partial charge in [-0.2, -0.15) is 0 Å². The molecule has 0 bridgehead atoms. The molecule has 4 N–H and O–H groups in total. The Morgan fingerprint density at radius 3 is 2.86 bits per heavy atom. The topological polar surface area (TPSA) is 64.4 Å². The molecule has 2 rings (SSSR count). The number of nitrogens with zero attached hydrogens (tertiary/aromatic N) is 1. The minimum absolute atomic E-state index is 0.171. The molecule has 0 saturated carbocycles. The number of benzene rings is 1. The number of hydrogen-bond donors (Lipinski definition) is 2. The maximum atomic E-state index is 5.41. The van der Waals surface area contributed by atoms with E-state index in [-0.39, 0.29) is 12.0 Å². The molecule has 1 aromatic rings. The van der Waals surface area contributed by atoms with Crippen LogP contribution in [0.3, 0.4) is 0 Å². The van der Waals surface area contributed by atoms with E-state index < -0.39 is 0 Å². The summed E-state index contributed by atoms with van der Waals surface area (Å²) < 4.78 is 0. The Morgan fingerprint density at radius 1 is 1.29 bits per heavy atom. The van der Waals surface area contributed by atoms with E-state index in [2.05, 4.69) is 23.2 Å². The van der Waals surface area contributed by atoms with E-state index in [1.54, 1.807) is 0 Å². The molecule has 3 nitrogen and oxygen atoms in total. The first-order valence-corrected chi connectivity index (χ1v) is 4.94. The van der Waals surface area contributed by atoms with E-state index in [0.29, 0.717) is 0 Å². The maximum absolute atomic E-state index is 5.41. The lowest BCUT2D eigenvalue weighted by Gasteiger charge is -2.22. The first kappa shape index (κ1) is 9.06. The predicted octanol–water partition coefficient (Wildman–Crippen LogP) is 1.34. The molecular formula is C11H15N3. The third-order valence-corrected chi connectivity index (χ3v) is 2.64. The molecule has 0 radical (unpaired) electrons. The number of aliphatic imine (C=N–C) groups is 1. The molecule has 3 heteroatoms. The number of guanidine groups is 1. The first-order chi connectivity index (χ1) is 6.77. The Morgan fingerprint density at radius 2 is 2.07 bits per heavy atom. The Balaban J connectivity index is 2.35. The van der Waals surface area contributed by atoms with Crippen molar-refractivity contribution in [1.29, 1.82) is 0 Å². The Hall–Kier alpha value is -1.51. The molecule has 0 spiro atoms. The summed E-state index contributed by atoms with van der Waals surface area (Å²) in [6.07, 6.45) is 3.36. The second-order valence-corrected chi connectivity index (χ2v) is 3.66. The minimum atomic E-state index is 0.171. The van der Waals surface area contributed by atoms with Crippen molar-refractivity contribution in [2.24, 2.45) is 16.5 Å². The summed E-state index contributed by atoms with van der Waals surface area (Å²) in [5, 5.41) is 0. The van der Waals surface area contributed by atoms with Gasteiger partial charge in [0.25, 0.3) is 0 Å². The van der Waals surface area contributed by atoms with Crippen molar-refractivity contribution in [3.63, 3.8) is 0 Å². The average Bonchev–Trinajstić information content (AvgIpc) is 2.18. The maximum Gasteiger partial charge on any atom is 0.186 e. The van der Waals surface area contributed by atoms with Crippen LogP contribution in [0.25, 0.3) is 0 Å². The standard InChI is InChI=1S/C11H15N3/c12-11(13)14-10-7-3-5-8-4-1-2-6-9(8)10/h1-2,4,6,10H,3,5,7H2,(H4,12,13,14)/t10-/m0/s1. The van der Waals surface area contributed by atoms with Crippen molar-refractivity contribution in [3.8, 4) is 0 Å². The Bertz CT molecular complexity index is 353.